The summed E-state index contributed by atoms with van der Waals surface area (Å²) in [5.74, 6) is -0.145. The normalized spacial score (nSPS) is 30.3. The molecule has 1 aromatic heterocycles. The molecule has 1 aromatic rings. The summed E-state index contributed by atoms with van der Waals surface area (Å²) in [6.07, 6.45) is 8.04. The van der Waals surface area contributed by atoms with Gasteiger partial charge in [-0.3, -0.25) is 9.59 Å². The van der Waals surface area contributed by atoms with Crippen LogP contribution in [0.4, 0.5) is 0 Å². The zero-order chi connectivity index (χ0) is 16.0. The molecule has 3 aliphatic rings. The number of carbonyl (C=O) groups excluding carboxylic acids is 1. The first-order valence-electron chi connectivity index (χ1n) is 8.54. The number of carboxylic acids is 1. The Bertz CT molecular complexity index is 621. The van der Waals surface area contributed by atoms with Crippen LogP contribution < -0.4 is 5.32 Å². The monoisotopic (exact) mass is 318 g/mol. The molecule has 7 nitrogen and oxygen atoms in total. The number of nitrogens with one attached hydrogen (secondary N) is 1. The van der Waals surface area contributed by atoms with Gasteiger partial charge in [0.15, 0.2) is 0 Å². The summed E-state index contributed by atoms with van der Waals surface area (Å²) in [4.78, 5) is 23.5. The molecule has 0 aliphatic heterocycles. The maximum atomic E-state index is 12.1. The number of aliphatic carboxylic acids is 1. The highest BCUT2D eigenvalue weighted by atomic mass is 16.4. The molecule has 0 spiro atoms. The SMILES string of the molecule is O=C(CC1CC1)N[C@@H]1CC(C(=O)O)C[C@@H]1n1cc(C2CC2)nn1. The fraction of sp³-hybridized carbons (Fsp3) is 0.750. The Kier molecular flexibility index (Phi) is 3.58. The van der Waals surface area contributed by atoms with E-state index in [1.807, 2.05) is 6.20 Å². The maximum absolute atomic E-state index is 12.1. The lowest BCUT2D eigenvalue weighted by molar-refractivity contribution is -0.141. The van der Waals surface area contributed by atoms with E-state index in [2.05, 4.69) is 15.6 Å². The van der Waals surface area contributed by atoms with Gasteiger partial charge in [-0.15, -0.1) is 5.10 Å². The molecule has 7 heteroatoms. The lowest BCUT2D eigenvalue weighted by Crippen LogP contribution is -2.38. The molecule has 1 unspecified atom stereocenters. The quantitative estimate of drug-likeness (QED) is 0.828. The summed E-state index contributed by atoms with van der Waals surface area (Å²) in [5.41, 5.74) is 0.992. The number of hydrogen-bond acceptors (Lipinski definition) is 4. The van der Waals surface area contributed by atoms with E-state index in [4.69, 9.17) is 0 Å². The van der Waals surface area contributed by atoms with E-state index < -0.39 is 11.9 Å². The Hall–Kier alpha value is -1.92. The van der Waals surface area contributed by atoms with Crippen molar-refractivity contribution in [3.05, 3.63) is 11.9 Å². The van der Waals surface area contributed by atoms with Crippen molar-refractivity contribution in [1.29, 1.82) is 0 Å². The van der Waals surface area contributed by atoms with Crippen molar-refractivity contribution in [2.75, 3.05) is 0 Å². The van der Waals surface area contributed by atoms with Gasteiger partial charge in [0.1, 0.15) is 0 Å². The van der Waals surface area contributed by atoms with E-state index in [1.165, 1.54) is 0 Å². The van der Waals surface area contributed by atoms with Crippen molar-refractivity contribution in [3.8, 4) is 0 Å². The van der Waals surface area contributed by atoms with E-state index >= 15 is 0 Å². The van der Waals surface area contributed by atoms with E-state index in [9.17, 15) is 14.7 Å². The van der Waals surface area contributed by atoms with Crippen LogP contribution in [-0.2, 0) is 9.59 Å². The number of hydrogen-bond donors (Lipinski definition) is 2. The maximum Gasteiger partial charge on any atom is 0.306 e. The summed E-state index contributed by atoms with van der Waals surface area (Å²) in [6.45, 7) is 0. The molecule has 0 aromatic carbocycles. The second kappa shape index (κ2) is 5.62. The first-order valence-corrected chi connectivity index (χ1v) is 8.54. The second-order valence-electron chi connectivity index (χ2n) is 7.29. The summed E-state index contributed by atoms with van der Waals surface area (Å²) in [7, 11) is 0. The molecule has 23 heavy (non-hydrogen) atoms. The molecule has 4 rings (SSSR count). The van der Waals surface area contributed by atoms with Crippen LogP contribution in [0, 0.1) is 11.8 Å². The molecule has 124 valence electrons. The number of rotatable bonds is 6. The van der Waals surface area contributed by atoms with Crippen molar-refractivity contribution in [3.63, 3.8) is 0 Å². The number of carboxylic acid groups (broad SMARTS) is 1. The minimum absolute atomic E-state index is 0.0380. The Morgan fingerprint density at radius 2 is 2.04 bits per heavy atom. The average Bonchev–Trinajstić information content (AvgIpc) is 3.42. The van der Waals surface area contributed by atoms with E-state index in [0.29, 0.717) is 31.1 Å². The standard InChI is InChI=1S/C16H22N4O3/c21-15(5-9-1-2-9)17-12-6-11(16(22)23)7-14(12)20-8-13(18-19-20)10-3-4-10/h8-12,14H,1-7H2,(H,17,21)(H,22,23)/t11?,12-,14+/m1/s1. The summed E-state index contributed by atoms with van der Waals surface area (Å²) >= 11 is 0. The van der Waals surface area contributed by atoms with Crippen LogP contribution in [0.2, 0.25) is 0 Å². The van der Waals surface area contributed by atoms with Gasteiger partial charge in [0.05, 0.1) is 23.7 Å². The van der Waals surface area contributed by atoms with Gasteiger partial charge in [0, 0.05) is 18.5 Å². The van der Waals surface area contributed by atoms with Crippen molar-refractivity contribution >= 4 is 11.9 Å². The molecule has 3 aliphatic carbocycles. The molecule has 3 saturated carbocycles. The van der Waals surface area contributed by atoms with Crippen LogP contribution >= 0.6 is 0 Å². The van der Waals surface area contributed by atoms with Crippen LogP contribution in [-0.4, -0.2) is 38.0 Å². The molecule has 0 bridgehead atoms. The minimum atomic E-state index is -0.795. The van der Waals surface area contributed by atoms with Crippen LogP contribution in [0.25, 0.3) is 0 Å². The Balaban J connectivity index is 1.47. The highest BCUT2D eigenvalue weighted by Crippen LogP contribution is 2.40. The molecule has 0 saturated heterocycles. The van der Waals surface area contributed by atoms with Crippen LogP contribution in [0.15, 0.2) is 6.20 Å². The van der Waals surface area contributed by atoms with Crippen molar-refractivity contribution in [1.82, 2.24) is 20.3 Å². The fourth-order valence-electron chi connectivity index (χ4n) is 3.53. The van der Waals surface area contributed by atoms with Gasteiger partial charge in [0.25, 0.3) is 0 Å². The Morgan fingerprint density at radius 3 is 2.70 bits per heavy atom. The van der Waals surface area contributed by atoms with Crippen LogP contribution in [0.1, 0.15) is 62.6 Å². The molecule has 1 heterocycles. The van der Waals surface area contributed by atoms with Gasteiger partial charge in [0.2, 0.25) is 5.91 Å². The molecular formula is C16H22N4O3. The zero-order valence-corrected chi connectivity index (χ0v) is 13.0. The average molecular weight is 318 g/mol. The number of nitrogens with zero attached hydrogens (tertiary/aromatic N) is 3. The Labute approximate surface area is 134 Å². The second-order valence-corrected chi connectivity index (χ2v) is 7.29. The zero-order valence-electron chi connectivity index (χ0n) is 13.0. The molecule has 1 amide bonds. The molecule has 3 atom stereocenters. The van der Waals surface area contributed by atoms with E-state index in [-0.39, 0.29) is 18.0 Å². The first kappa shape index (κ1) is 14.7. The largest absolute Gasteiger partial charge is 0.481 e. The molecule has 3 fully saturated rings. The molecule has 2 N–H and O–H groups in total. The topological polar surface area (TPSA) is 97.1 Å². The highest BCUT2D eigenvalue weighted by Gasteiger charge is 2.41. The third-order valence-electron chi connectivity index (χ3n) is 5.26. The van der Waals surface area contributed by atoms with Crippen LogP contribution in [0.3, 0.4) is 0 Å². The predicted octanol–water partition coefficient (Wildman–Crippen LogP) is 1.48. The third kappa shape index (κ3) is 3.23. The summed E-state index contributed by atoms with van der Waals surface area (Å²) in [6, 6.07) is -0.282. The molecule has 0 radical (unpaired) electrons. The predicted molar refractivity (Wildman–Crippen MR) is 80.7 cm³/mol. The van der Waals surface area contributed by atoms with Gasteiger partial charge in [-0.2, -0.15) is 0 Å². The van der Waals surface area contributed by atoms with E-state index in [1.54, 1.807) is 4.68 Å². The minimum Gasteiger partial charge on any atom is -0.481 e. The van der Waals surface area contributed by atoms with E-state index in [0.717, 1.165) is 31.4 Å². The first-order chi connectivity index (χ1) is 11.1. The van der Waals surface area contributed by atoms with Gasteiger partial charge in [-0.1, -0.05) is 5.21 Å². The van der Waals surface area contributed by atoms with Gasteiger partial charge in [-0.05, 0) is 44.4 Å². The van der Waals surface area contributed by atoms with Gasteiger partial charge in [-0.25, -0.2) is 4.68 Å². The fourth-order valence-corrected chi connectivity index (χ4v) is 3.53. The number of amides is 1. The van der Waals surface area contributed by atoms with Crippen molar-refractivity contribution < 1.29 is 14.7 Å². The molecular weight excluding hydrogens is 296 g/mol. The summed E-state index contributed by atoms with van der Waals surface area (Å²) in [5, 5.41) is 20.8. The van der Waals surface area contributed by atoms with Gasteiger partial charge < -0.3 is 10.4 Å². The summed E-state index contributed by atoms with van der Waals surface area (Å²) < 4.78 is 1.78. The van der Waals surface area contributed by atoms with Gasteiger partial charge >= 0.3 is 5.97 Å². The van der Waals surface area contributed by atoms with Crippen molar-refractivity contribution in [2.24, 2.45) is 11.8 Å². The smallest absolute Gasteiger partial charge is 0.306 e. The lowest BCUT2D eigenvalue weighted by Gasteiger charge is -2.20. The Morgan fingerprint density at radius 1 is 1.26 bits per heavy atom. The number of aromatic nitrogens is 3. The third-order valence-corrected chi connectivity index (χ3v) is 5.26. The highest BCUT2D eigenvalue weighted by molar-refractivity contribution is 5.77. The van der Waals surface area contributed by atoms with Crippen LogP contribution in [0.5, 0.6) is 0 Å². The number of carbonyl (C=O) groups is 2. The lowest BCUT2D eigenvalue weighted by atomic mass is 10.1. The van der Waals surface area contributed by atoms with Crippen molar-refractivity contribution in [2.45, 2.75) is 62.9 Å².